The van der Waals surface area contributed by atoms with Crippen molar-refractivity contribution in [2.75, 3.05) is 26.2 Å². The fourth-order valence-corrected chi connectivity index (χ4v) is 2.28. The standard InChI is InChI=1S/C14H20N2O4/c1-11(17)14(19)16-8-6-15(7-9-16)13(18)5-4-12-3-2-10-20-12/h2-3,10-11,17H,4-9H2,1H3. The van der Waals surface area contributed by atoms with Gasteiger partial charge in [0, 0.05) is 39.0 Å². The van der Waals surface area contributed by atoms with E-state index in [1.807, 2.05) is 6.07 Å². The van der Waals surface area contributed by atoms with Crippen molar-refractivity contribution < 1.29 is 19.1 Å². The van der Waals surface area contributed by atoms with Crippen LogP contribution in [-0.4, -0.2) is 59.0 Å². The third-order valence-electron chi connectivity index (χ3n) is 3.47. The van der Waals surface area contributed by atoms with E-state index in [-0.39, 0.29) is 11.8 Å². The largest absolute Gasteiger partial charge is 0.469 e. The normalized spacial score (nSPS) is 17.1. The van der Waals surface area contributed by atoms with E-state index in [9.17, 15) is 14.7 Å². The van der Waals surface area contributed by atoms with Crippen LogP contribution < -0.4 is 0 Å². The van der Waals surface area contributed by atoms with Gasteiger partial charge >= 0.3 is 0 Å². The van der Waals surface area contributed by atoms with E-state index in [0.29, 0.717) is 39.0 Å². The van der Waals surface area contributed by atoms with Crippen molar-refractivity contribution in [1.29, 1.82) is 0 Å². The first-order chi connectivity index (χ1) is 9.58. The van der Waals surface area contributed by atoms with Crippen molar-refractivity contribution in [3.63, 3.8) is 0 Å². The van der Waals surface area contributed by atoms with E-state index >= 15 is 0 Å². The molecule has 1 aromatic rings. The molecule has 2 amide bonds. The zero-order chi connectivity index (χ0) is 14.5. The van der Waals surface area contributed by atoms with Crippen LogP contribution in [0.4, 0.5) is 0 Å². The van der Waals surface area contributed by atoms with Crippen molar-refractivity contribution in [3.8, 4) is 0 Å². The Kier molecular flexibility index (Phi) is 4.79. The fourth-order valence-electron chi connectivity index (χ4n) is 2.28. The monoisotopic (exact) mass is 280 g/mol. The molecule has 0 spiro atoms. The Morgan fingerprint density at radius 1 is 1.30 bits per heavy atom. The molecule has 0 aromatic carbocycles. The minimum Gasteiger partial charge on any atom is -0.469 e. The molecule has 0 bridgehead atoms. The van der Waals surface area contributed by atoms with Crippen LogP contribution in [0.3, 0.4) is 0 Å². The number of hydrogen-bond acceptors (Lipinski definition) is 4. The van der Waals surface area contributed by atoms with E-state index in [1.165, 1.54) is 6.92 Å². The first-order valence-corrected chi connectivity index (χ1v) is 6.85. The molecular weight excluding hydrogens is 260 g/mol. The lowest BCUT2D eigenvalue weighted by Crippen LogP contribution is -2.52. The first kappa shape index (κ1) is 14.6. The molecule has 1 N–H and O–H groups in total. The van der Waals surface area contributed by atoms with Gasteiger partial charge in [0.15, 0.2) is 0 Å². The quantitative estimate of drug-likeness (QED) is 0.859. The third-order valence-corrected chi connectivity index (χ3v) is 3.47. The molecule has 110 valence electrons. The summed E-state index contributed by atoms with van der Waals surface area (Å²) in [6, 6.07) is 3.66. The topological polar surface area (TPSA) is 74.0 Å². The SMILES string of the molecule is CC(O)C(=O)N1CCN(C(=O)CCc2ccco2)CC1. The maximum absolute atomic E-state index is 12.0. The van der Waals surface area contributed by atoms with Gasteiger partial charge in [-0.25, -0.2) is 0 Å². The Labute approximate surface area is 118 Å². The molecule has 20 heavy (non-hydrogen) atoms. The van der Waals surface area contributed by atoms with E-state index in [4.69, 9.17) is 4.42 Å². The second-order valence-corrected chi connectivity index (χ2v) is 4.96. The molecule has 0 aliphatic carbocycles. The number of carbonyl (C=O) groups is 2. The zero-order valence-electron chi connectivity index (χ0n) is 11.6. The van der Waals surface area contributed by atoms with Crippen LogP contribution in [0.1, 0.15) is 19.1 Å². The maximum atomic E-state index is 12.0. The summed E-state index contributed by atoms with van der Waals surface area (Å²) in [5.74, 6) is 0.611. The van der Waals surface area contributed by atoms with Crippen molar-refractivity contribution in [1.82, 2.24) is 9.80 Å². The first-order valence-electron chi connectivity index (χ1n) is 6.85. The molecule has 2 heterocycles. The van der Waals surface area contributed by atoms with Gasteiger partial charge in [0.05, 0.1) is 6.26 Å². The molecule has 1 saturated heterocycles. The number of carbonyl (C=O) groups excluding carboxylic acids is 2. The number of piperazine rings is 1. The fraction of sp³-hybridized carbons (Fsp3) is 0.571. The Hall–Kier alpha value is -1.82. The average Bonchev–Trinajstić information content (AvgIpc) is 2.97. The smallest absolute Gasteiger partial charge is 0.251 e. The Balaban J connectivity index is 1.75. The van der Waals surface area contributed by atoms with Crippen molar-refractivity contribution in [2.45, 2.75) is 25.9 Å². The molecule has 6 heteroatoms. The highest BCUT2D eigenvalue weighted by Gasteiger charge is 2.25. The number of hydrogen-bond donors (Lipinski definition) is 1. The van der Waals surface area contributed by atoms with Gasteiger partial charge in [-0.2, -0.15) is 0 Å². The van der Waals surface area contributed by atoms with E-state index in [1.54, 1.807) is 22.1 Å². The van der Waals surface area contributed by atoms with Crippen molar-refractivity contribution in [2.24, 2.45) is 0 Å². The molecule has 1 fully saturated rings. The lowest BCUT2D eigenvalue weighted by molar-refractivity contribution is -0.144. The lowest BCUT2D eigenvalue weighted by Gasteiger charge is -2.35. The van der Waals surface area contributed by atoms with Crippen LogP contribution in [0, 0.1) is 0 Å². The average molecular weight is 280 g/mol. The van der Waals surface area contributed by atoms with Gasteiger partial charge in [-0.3, -0.25) is 9.59 Å². The number of aliphatic hydroxyl groups is 1. The highest BCUT2D eigenvalue weighted by atomic mass is 16.3. The van der Waals surface area contributed by atoms with Crippen LogP contribution in [0.5, 0.6) is 0 Å². The van der Waals surface area contributed by atoms with Gasteiger partial charge < -0.3 is 19.3 Å². The van der Waals surface area contributed by atoms with Gasteiger partial charge in [-0.05, 0) is 19.1 Å². The number of furan rings is 1. The molecule has 0 radical (unpaired) electrons. The van der Waals surface area contributed by atoms with E-state index in [2.05, 4.69) is 0 Å². The second-order valence-electron chi connectivity index (χ2n) is 4.96. The number of aryl methyl sites for hydroxylation is 1. The molecule has 1 aliphatic heterocycles. The summed E-state index contributed by atoms with van der Waals surface area (Å²) in [6.07, 6.45) is 1.63. The summed E-state index contributed by atoms with van der Waals surface area (Å²) in [5.41, 5.74) is 0. The minimum atomic E-state index is -0.976. The molecule has 1 atom stereocenters. The highest BCUT2D eigenvalue weighted by Crippen LogP contribution is 2.09. The summed E-state index contributed by atoms with van der Waals surface area (Å²) in [6.45, 7) is 3.47. The number of aliphatic hydroxyl groups excluding tert-OH is 1. The predicted octanol–water partition coefficient (Wildman–Crippen LogP) is 0.264. The summed E-state index contributed by atoms with van der Waals surface area (Å²) < 4.78 is 5.19. The summed E-state index contributed by atoms with van der Waals surface area (Å²) in [4.78, 5) is 27.0. The number of nitrogens with zero attached hydrogens (tertiary/aromatic N) is 2. The molecule has 0 saturated carbocycles. The predicted molar refractivity (Wildman–Crippen MR) is 71.9 cm³/mol. The van der Waals surface area contributed by atoms with E-state index in [0.717, 1.165) is 5.76 Å². The molecule has 1 aliphatic rings. The Morgan fingerprint density at radius 2 is 1.95 bits per heavy atom. The lowest BCUT2D eigenvalue weighted by atomic mass is 10.2. The third kappa shape index (κ3) is 3.60. The van der Waals surface area contributed by atoms with Gasteiger partial charge in [-0.15, -0.1) is 0 Å². The summed E-state index contributed by atoms with van der Waals surface area (Å²) in [5, 5.41) is 9.26. The molecule has 1 aromatic heterocycles. The zero-order valence-corrected chi connectivity index (χ0v) is 11.6. The van der Waals surface area contributed by atoms with Crippen LogP contribution in [0.25, 0.3) is 0 Å². The second kappa shape index (κ2) is 6.56. The summed E-state index contributed by atoms with van der Waals surface area (Å²) in [7, 11) is 0. The Morgan fingerprint density at radius 3 is 2.50 bits per heavy atom. The number of amides is 2. The highest BCUT2D eigenvalue weighted by molar-refractivity contribution is 5.81. The van der Waals surface area contributed by atoms with Gasteiger partial charge in [0.25, 0.3) is 5.91 Å². The van der Waals surface area contributed by atoms with Crippen LogP contribution in [0.15, 0.2) is 22.8 Å². The van der Waals surface area contributed by atoms with Crippen LogP contribution in [-0.2, 0) is 16.0 Å². The molecular formula is C14H20N2O4. The van der Waals surface area contributed by atoms with Gasteiger partial charge in [-0.1, -0.05) is 0 Å². The van der Waals surface area contributed by atoms with Crippen molar-refractivity contribution >= 4 is 11.8 Å². The van der Waals surface area contributed by atoms with Crippen molar-refractivity contribution in [3.05, 3.63) is 24.2 Å². The molecule has 6 nitrogen and oxygen atoms in total. The summed E-state index contributed by atoms with van der Waals surface area (Å²) >= 11 is 0. The van der Waals surface area contributed by atoms with E-state index < -0.39 is 6.10 Å². The Bertz CT molecular complexity index is 448. The van der Waals surface area contributed by atoms with Crippen LogP contribution >= 0.6 is 0 Å². The van der Waals surface area contributed by atoms with Gasteiger partial charge in [0.2, 0.25) is 5.91 Å². The number of rotatable bonds is 4. The molecule has 1 unspecified atom stereocenters. The maximum Gasteiger partial charge on any atom is 0.251 e. The molecule has 2 rings (SSSR count). The van der Waals surface area contributed by atoms with Gasteiger partial charge in [0.1, 0.15) is 11.9 Å². The minimum absolute atomic E-state index is 0.0746. The van der Waals surface area contributed by atoms with Crippen LogP contribution in [0.2, 0.25) is 0 Å².